The summed E-state index contributed by atoms with van der Waals surface area (Å²) >= 11 is 0. The maximum absolute atomic E-state index is 14.4. The van der Waals surface area contributed by atoms with E-state index in [1.54, 1.807) is 10.6 Å². The van der Waals surface area contributed by atoms with Crippen LogP contribution in [-0.4, -0.2) is 27.4 Å². The van der Waals surface area contributed by atoms with Gasteiger partial charge in [0.1, 0.15) is 11.4 Å². The van der Waals surface area contributed by atoms with Gasteiger partial charge in [-0.1, -0.05) is 50.2 Å². The number of carbonyl (C=O) groups is 2. The number of benzene rings is 3. The second-order valence-electron chi connectivity index (χ2n) is 11.1. The highest BCUT2D eigenvalue weighted by atomic mass is 16.2. The molecule has 1 N–H and O–H groups in total. The van der Waals surface area contributed by atoms with Gasteiger partial charge in [0, 0.05) is 11.6 Å². The fraction of sp³-hybridized carbons (Fsp3) is 0.290. The van der Waals surface area contributed by atoms with E-state index in [4.69, 9.17) is 4.98 Å². The fourth-order valence-electron chi connectivity index (χ4n) is 6.84. The molecule has 0 saturated carbocycles. The molecule has 7 rings (SSSR count). The Balaban J connectivity index is 1.53. The van der Waals surface area contributed by atoms with Crippen LogP contribution in [0.5, 0.6) is 0 Å². The quantitative estimate of drug-likeness (QED) is 0.418. The summed E-state index contributed by atoms with van der Waals surface area (Å²) in [5.41, 5.74) is 3.50. The Morgan fingerprint density at radius 1 is 0.895 bits per heavy atom. The number of imide groups is 1. The number of carbonyl (C=O) groups excluding carboxylic acids is 2. The number of rotatable bonds is 2. The number of hydrogen-bond donors (Lipinski definition) is 1. The Bertz CT molecular complexity index is 1760. The molecular weight excluding hydrogens is 476 g/mol. The van der Waals surface area contributed by atoms with Crippen molar-refractivity contribution in [2.45, 2.75) is 39.3 Å². The molecule has 4 heterocycles. The lowest BCUT2D eigenvalue weighted by Crippen LogP contribution is -2.51. The van der Waals surface area contributed by atoms with E-state index in [0.717, 1.165) is 16.7 Å². The van der Waals surface area contributed by atoms with Crippen molar-refractivity contribution in [1.29, 1.82) is 0 Å². The van der Waals surface area contributed by atoms with E-state index >= 15 is 0 Å². The molecule has 0 radical (unpaired) electrons. The highest BCUT2D eigenvalue weighted by Crippen LogP contribution is 2.56. The third-order valence-electron chi connectivity index (χ3n) is 8.76. The minimum Gasteiger partial charge on any atom is -0.296 e. The van der Waals surface area contributed by atoms with Gasteiger partial charge in [-0.25, -0.2) is 9.88 Å². The molecule has 7 heteroatoms. The Morgan fingerprint density at radius 3 is 2.39 bits per heavy atom. The monoisotopic (exact) mass is 504 g/mol. The number of aromatic nitrogens is 2. The Kier molecular flexibility index (Phi) is 4.68. The first kappa shape index (κ1) is 23.0. The molecule has 2 saturated heterocycles. The van der Waals surface area contributed by atoms with Crippen molar-refractivity contribution in [3.8, 4) is 5.69 Å². The van der Waals surface area contributed by atoms with Gasteiger partial charge < -0.3 is 0 Å². The fourth-order valence-corrected chi connectivity index (χ4v) is 6.84. The van der Waals surface area contributed by atoms with Crippen LogP contribution in [0, 0.1) is 31.6 Å². The van der Waals surface area contributed by atoms with E-state index in [0.29, 0.717) is 28.1 Å². The van der Waals surface area contributed by atoms with Gasteiger partial charge in [0.2, 0.25) is 11.8 Å². The maximum atomic E-state index is 14.4. The lowest BCUT2D eigenvalue weighted by atomic mass is 9.75. The molecule has 3 aliphatic heterocycles. The summed E-state index contributed by atoms with van der Waals surface area (Å²) in [4.78, 5) is 48.8. The summed E-state index contributed by atoms with van der Waals surface area (Å²) in [5.74, 6) is -1.26. The first-order valence-electron chi connectivity index (χ1n) is 13.1. The van der Waals surface area contributed by atoms with E-state index < -0.39 is 17.4 Å². The summed E-state index contributed by atoms with van der Waals surface area (Å²) in [5, 5.41) is 4.25. The zero-order valence-corrected chi connectivity index (χ0v) is 21.7. The van der Waals surface area contributed by atoms with Crippen LogP contribution in [0.3, 0.4) is 0 Å². The normalized spacial score (nSPS) is 25.5. The number of anilines is 1. The van der Waals surface area contributed by atoms with Gasteiger partial charge in [0.25, 0.3) is 5.56 Å². The van der Waals surface area contributed by atoms with Gasteiger partial charge in [-0.2, -0.15) is 0 Å². The molecule has 0 aliphatic carbocycles. The van der Waals surface area contributed by atoms with Gasteiger partial charge in [-0.15, -0.1) is 0 Å². The van der Waals surface area contributed by atoms with Crippen LogP contribution >= 0.6 is 0 Å². The number of amides is 2. The molecule has 38 heavy (non-hydrogen) atoms. The van der Waals surface area contributed by atoms with Crippen molar-refractivity contribution in [2.75, 3.05) is 4.90 Å². The van der Waals surface area contributed by atoms with Crippen molar-refractivity contribution >= 4 is 28.4 Å². The smallest absolute Gasteiger partial charge is 0.266 e. The number of hydrogen-bond acceptors (Lipinski definition) is 5. The molecule has 2 unspecified atom stereocenters. The summed E-state index contributed by atoms with van der Waals surface area (Å²) in [6, 6.07) is 20.4. The minimum atomic E-state index is -1.11. The van der Waals surface area contributed by atoms with Crippen LogP contribution in [-0.2, 0) is 15.1 Å². The van der Waals surface area contributed by atoms with Crippen molar-refractivity contribution in [1.82, 2.24) is 14.9 Å². The summed E-state index contributed by atoms with van der Waals surface area (Å²) in [7, 11) is 0. The molecule has 0 bridgehead atoms. The molecule has 1 aromatic heterocycles. The molecule has 3 aromatic carbocycles. The Hall–Kier alpha value is -4.10. The first-order valence-corrected chi connectivity index (χ1v) is 13.1. The third kappa shape index (κ3) is 2.72. The standard InChI is InChI=1S/C31H28N4O3/c1-16(2)26-24-25(29(38)34(28(24)37)19-14-13-17(3)18(4)15-19)31(33-26)21-10-6-8-12-23(21)35-27(36)20-9-5-7-11-22(20)32-30(31)35/h5-16,24-26,33H,1-4H3/t24-,25-,26?,31?/m1/s1. The predicted molar refractivity (Wildman–Crippen MR) is 145 cm³/mol. The number of fused-ring (bicyclic) bond motifs is 8. The molecule has 4 atom stereocenters. The summed E-state index contributed by atoms with van der Waals surface area (Å²) in [6.45, 7) is 8.11. The number of nitrogens with one attached hydrogen (secondary N) is 1. The molecule has 2 amide bonds. The summed E-state index contributed by atoms with van der Waals surface area (Å²) < 4.78 is 1.64. The average molecular weight is 505 g/mol. The van der Waals surface area contributed by atoms with Crippen LogP contribution in [0.1, 0.15) is 36.4 Å². The lowest BCUT2D eigenvalue weighted by Gasteiger charge is -2.32. The van der Waals surface area contributed by atoms with Crippen molar-refractivity contribution in [3.63, 3.8) is 0 Å². The largest absolute Gasteiger partial charge is 0.296 e. The highest BCUT2D eigenvalue weighted by Gasteiger charge is 2.70. The van der Waals surface area contributed by atoms with Crippen LogP contribution < -0.4 is 15.8 Å². The molecule has 1 spiro atoms. The highest BCUT2D eigenvalue weighted by molar-refractivity contribution is 6.23. The second-order valence-corrected chi connectivity index (χ2v) is 11.1. The molecule has 7 nitrogen and oxygen atoms in total. The minimum absolute atomic E-state index is 0.0618. The Labute approximate surface area is 220 Å². The van der Waals surface area contributed by atoms with E-state index in [2.05, 4.69) is 19.2 Å². The van der Waals surface area contributed by atoms with Crippen molar-refractivity contribution in [2.24, 2.45) is 17.8 Å². The molecule has 3 aliphatic rings. The van der Waals surface area contributed by atoms with Crippen LogP contribution in [0.15, 0.2) is 71.5 Å². The average Bonchev–Trinajstić information content (AvgIpc) is 3.50. The zero-order chi connectivity index (χ0) is 26.5. The number of nitrogens with zero attached hydrogens (tertiary/aromatic N) is 3. The van der Waals surface area contributed by atoms with Crippen molar-refractivity contribution < 1.29 is 9.59 Å². The predicted octanol–water partition coefficient (Wildman–Crippen LogP) is 3.99. The van der Waals surface area contributed by atoms with Crippen molar-refractivity contribution in [3.05, 3.63) is 99.6 Å². The van der Waals surface area contributed by atoms with Gasteiger partial charge in [-0.05, 0) is 61.2 Å². The molecule has 190 valence electrons. The van der Waals surface area contributed by atoms with Crippen LogP contribution in [0.2, 0.25) is 0 Å². The molecule has 4 aromatic rings. The van der Waals surface area contributed by atoms with Gasteiger partial charge in [-0.3, -0.25) is 24.3 Å². The van der Waals surface area contributed by atoms with Crippen LogP contribution in [0.25, 0.3) is 16.6 Å². The Morgan fingerprint density at radius 2 is 1.63 bits per heavy atom. The lowest BCUT2D eigenvalue weighted by molar-refractivity contribution is -0.123. The number of aryl methyl sites for hydroxylation is 2. The first-order chi connectivity index (χ1) is 18.3. The third-order valence-corrected chi connectivity index (χ3v) is 8.76. The van der Waals surface area contributed by atoms with E-state index in [1.807, 2.05) is 74.5 Å². The van der Waals surface area contributed by atoms with Gasteiger partial charge in [0.15, 0.2) is 0 Å². The van der Waals surface area contributed by atoms with Crippen LogP contribution in [0.4, 0.5) is 5.69 Å². The van der Waals surface area contributed by atoms with E-state index in [1.165, 1.54) is 4.90 Å². The molecular formula is C31H28N4O3. The summed E-state index contributed by atoms with van der Waals surface area (Å²) in [6.07, 6.45) is 0. The topological polar surface area (TPSA) is 84.3 Å². The molecule has 2 fully saturated rings. The van der Waals surface area contributed by atoms with Gasteiger partial charge in [0.05, 0.1) is 34.1 Å². The maximum Gasteiger partial charge on any atom is 0.266 e. The SMILES string of the molecule is Cc1ccc(N2C(=O)[C@H]3C(C(C)C)NC4(c5ccccc5-n5c4nc4ccccc4c5=O)[C@H]3C2=O)cc1C. The zero-order valence-electron chi connectivity index (χ0n) is 21.7. The van der Waals surface area contributed by atoms with E-state index in [-0.39, 0.29) is 29.3 Å². The van der Waals surface area contributed by atoms with E-state index in [9.17, 15) is 14.4 Å². The second kappa shape index (κ2) is 7.71. The number of para-hydroxylation sites is 2. The van der Waals surface area contributed by atoms with Gasteiger partial charge >= 0.3 is 0 Å².